The Bertz CT molecular complexity index is 1010. The van der Waals surface area contributed by atoms with Gasteiger partial charge >= 0.3 is 5.97 Å². The molecule has 24 heavy (non-hydrogen) atoms. The number of aromatic amines is 1. The fourth-order valence-electron chi connectivity index (χ4n) is 2.06. The molecule has 3 aromatic rings. The van der Waals surface area contributed by atoms with E-state index >= 15 is 0 Å². The zero-order valence-corrected chi connectivity index (χ0v) is 12.5. The summed E-state index contributed by atoms with van der Waals surface area (Å²) in [6, 6.07) is 6.07. The van der Waals surface area contributed by atoms with Crippen molar-refractivity contribution in [1.82, 2.24) is 19.6 Å². The first kappa shape index (κ1) is 15.2. The summed E-state index contributed by atoms with van der Waals surface area (Å²) in [5, 5.41) is 11.6. The molecule has 0 aliphatic rings. The first-order valence-electron chi connectivity index (χ1n) is 6.79. The molecule has 0 aliphatic heterocycles. The summed E-state index contributed by atoms with van der Waals surface area (Å²) in [6.07, 6.45) is 2.80. The molecule has 0 atom stereocenters. The number of carbonyl (C=O) groups excluding carboxylic acids is 1. The van der Waals surface area contributed by atoms with Crippen LogP contribution in [0.25, 0.3) is 5.65 Å². The highest BCUT2D eigenvalue weighted by molar-refractivity contribution is 5.89. The van der Waals surface area contributed by atoms with Crippen LogP contribution in [-0.2, 0) is 11.3 Å². The van der Waals surface area contributed by atoms with Crippen LogP contribution in [0, 0.1) is 11.3 Å². The van der Waals surface area contributed by atoms with Crippen molar-refractivity contribution in [3.63, 3.8) is 0 Å². The number of pyridine rings is 1. The van der Waals surface area contributed by atoms with Gasteiger partial charge in [-0.2, -0.15) is 5.26 Å². The fourth-order valence-corrected chi connectivity index (χ4v) is 2.06. The molecule has 0 saturated carbocycles. The highest BCUT2D eigenvalue weighted by Gasteiger charge is 2.12. The van der Waals surface area contributed by atoms with Gasteiger partial charge in [0.1, 0.15) is 18.2 Å². The molecule has 9 heteroatoms. The zero-order valence-electron chi connectivity index (χ0n) is 12.5. The zero-order chi connectivity index (χ0) is 17.1. The van der Waals surface area contributed by atoms with Crippen molar-refractivity contribution in [2.45, 2.75) is 6.61 Å². The molecule has 120 valence electrons. The summed E-state index contributed by atoms with van der Waals surface area (Å²) in [5.41, 5.74) is 0.503. The molecule has 0 unspecified atom stereocenters. The van der Waals surface area contributed by atoms with Crippen molar-refractivity contribution in [2.24, 2.45) is 0 Å². The van der Waals surface area contributed by atoms with Crippen molar-refractivity contribution in [1.29, 1.82) is 5.26 Å². The molecular weight excluding hydrogens is 314 g/mol. The van der Waals surface area contributed by atoms with E-state index in [9.17, 15) is 9.59 Å². The molecule has 0 amide bonds. The van der Waals surface area contributed by atoms with Gasteiger partial charge in [0.2, 0.25) is 5.88 Å². The number of nitriles is 1. The molecule has 3 heterocycles. The third-order valence-corrected chi connectivity index (χ3v) is 3.20. The predicted octanol–water partition coefficient (Wildman–Crippen LogP) is 0.655. The monoisotopic (exact) mass is 325 g/mol. The van der Waals surface area contributed by atoms with Crippen LogP contribution < -0.4 is 10.3 Å². The number of esters is 1. The smallest absolute Gasteiger partial charge is 0.338 e. The van der Waals surface area contributed by atoms with E-state index in [0.29, 0.717) is 0 Å². The number of H-pyrrole nitrogens is 1. The first-order chi connectivity index (χ1) is 11.6. The molecule has 3 rings (SSSR count). The Morgan fingerprint density at radius 3 is 3.04 bits per heavy atom. The first-order valence-corrected chi connectivity index (χ1v) is 6.79. The minimum atomic E-state index is -0.604. The van der Waals surface area contributed by atoms with Crippen LogP contribution in [0.1, 0.15) is 21.6 Å². The molecule has 0 fully saturated rings. The van der Waals surface area contributed by atoms with Gasteiger partial charge in [0.05, 0.1) is 18.4 Å². The highest BCUT2D eigenvalue weighted by atomic mass is 16.5. The second kappa shape index (κ2) is 6.21. The number of hydrogen-bond donors (Lipinski definition) is 1. The number of nitrogens with one attached hydrogen (secondary N) is 1. The summed E-state index contributed by atoms with van der Waals surface area (Å²) in [7, 11) is 1.44. The van der Waals surface area contributed by atoms with E-state index < -0.39 is 11.5 Å². The van der Waals surface area contributed by atoms with Crippen LogP contribution in [0.5, 0.6) is 5.88 Å². The number of aromatic nitrogens is 4. The second-order valence-corrected chi connectivity index (χ2v) is 4.71. The Kier molecular flexibility index (Phi) is 3.94. The van der Waals surface area contributed by atoms with Gasteiger partial charge in [0, 0.05) is 24.5 Å². The minimum absolute atomic E-state index is 0.182. The van der Waals surface area contributed by atoms with Gasteiger partial charge < -0.3 is 9.47 Å². The standard InChI is InChI=1S/C15H11N5O4/c1-23-12-4-9(2-3-17-12)15(22)24-8-11-5-13(21)20-14(19-11)10(6-16)7-18-20/h2-5,7,18H,8H2,1H3. The molecule has 0 spiro atoms. The predicted molar refractivity (Wildman–Crippen MR) is 80.4 cm³/mol. The molecule has 0 aromatic carbocycles. The normalized spacial score (nSPS) is 10.3. The number of ether oxygens (including phenoxy) is 2. The summed E-state index contributed by atoms with van der Waals surface area (Å²) in [4.78, 5) is 32.0. The minimum Gasteiger partial charge on any atom is -0.481 e. The van der Waals surface area contributed by atoms with Crippen molar-refractivity contribution in [3.05, 3.63) is 57.8 Å². The molecule has 0 radical (unpaired) electrons. The van der Waals surface area contributed by atoms with Crippen LogP contribution in [0.15, 0.2) is 35.4 Å². The number of methoxy groups -OCH3 is 1. The van der Waals surface area contributed by atoms with Gasteiger partial charge in [-0.1, -0.05) is 0 Å². The average molecular weight is 325 g/mol. The maximum Gasteiger partial charge on any atom is 0.338 e. The molecular formula is C15H11N5O4. The van der Waals surface area contributed by atoms with Crippen molar-refractivity contribution in [3.8, 4) is 11.9 Å². The lowest BCUT2D eigenvalue weighted by atomic mass is 10.3. The van der Waals surface area contributed by atoms with E-state index in [-0.39, 0.29) is 35.0 Å². The summed E-state index contributed by atoms with van der Waals surface area (Å²) < 4.78 is 11.2. The Labute approximate surface area is 135 Å². The lowest BCUT2D eigenvalue weighted by molar-refractivity contribution is 0.0467. The molecule has 0 aliphatic carbocycles. The number of fused-ring (bicyclic) bond motifs is 1. The summed E-state index contributed by atoms with van der Waals surface area (Å²) in [6.45, 7) is -0.203. The van der Waals surface area contributed by atoms with E-state index in [2.05, 4.69) is 15.1 Å². The van der Waals surface area contributed by atoms with Crippen LogP contribution in [0.4, 0.5) is 0 Å². The Morgan fingerprint density at radius 2 is 2.29 bits per heavy atom. The Hall–Kier alpha value is -3.67. The van der Waals surface area contributed by atoms with E-state index in [0.717, 1.165) is 4.52 Å². The van der Waals surface area contributed by atoms with Crippen molar-refractivity contribution >= 4 is 11.6 Å². The summed E-state index contributed by atoms with van der Waals surface area (Å²) in [5.74, 6) is -0.319. The SMILES string of the molecule is COc1cc(C(=O)OCc2cc(=O)n3[nH]cc(C#N)c3n2)ccn1. The number of rotatable bonds is 4. The van der Waals surface area contributed by atoms with E-state index in [1.165, 1.54) is 37.7 Å². The third kappa shape index (κ3) is 2.80. The van der Waals surface area contributed by atoms with Crippen LogP contribution in [0.2, 0.25) is 0 Å². The quantitative estimate of drug-likeness (QED) is 0.699. The van der Waals surface area contributed by atoms with Gasteiger partial charge in [0.25, 0.3) is 5.56 Å². The maximum absolute atomic E-state index is 12.0. The number of nitrogens with zero attached hydrogens (tertiary/aromatic N) is 4. The Balaban J connectivity index is 1.81. The van der Waals surface area contributed by atoms with Crippen LogP contribution in [-0.4, -0.2) is 32.7 Å². The van der Waals surface area contributed by atoms with Gasteiger partial charge in [-0.05, 0) is 6.07 Å². The molecule has 9 nitrogen and oxygen atoms in total. The van der Waals surface area contributed by atoms with Crippen molar-refractivity contribution < 1.29 is 14.3 Å². The topological polar surface area (TPSA) is 122 Å². The highest BCUT2D eigenvalue weighted by Crippen LogP contribution is 2.11. The third-order valence-electron chi connectivity index (χ3n) is 3.20. The lowest BCUT2D eigenvalue weighted by Crippen LogP contribution is -2.17. The maximum atomic E-state index is 12.0. The summed E-state index contributed by atoms with van der Waals surface area (Å²) >= 11 is 0. The van der Waals surface area contributed by atoms with E-state index in [1.807, 2.05) is 6.07 Å². The number of hydrogen-bond acceptors (Lipinski definition) is 7. The van der Waals surface area contributed by atoms with Crippen LogP contribution >= 0.6 is 0 Å². The van der Waals surface area contributed by atoms with Gasteiger partial charge in [-0.15, -0.1) is 0 Å². The largest absolute Gasteiger partial charge is 0.481 e. The van der Waals surface area contributed by atoms with Gasteiger partial charge in [0.15, 0.2) is 5.65 Å². The van der Waals surface area contributed by atoms with E-state index in [4.69, 9.17) is 14.7 Å². The fraction of sp³-hybridized carbons (Fsp3) is 0.133. The molecule has 0 saturated heterocycles. The average Bonchev–Trinajstić information content (AvgIpc) is 3.03. The second-order valence-electron chi connectivity index (χ2n) is 4.71. The van der Waals surface area contributed by atoms with E-state index in [1.54, 1.807) is 0 Å². The Morgan fingerprint density at radius 1 is 1.46 bits per heavy atom. The van der Waals surface area contributed by atoms with Gasteiger partial charge in [-0.3, -0.25) is 9.89 Å². The molecule has 0 bridgehead atoms. The van der Waals surface area contributed by atoms with Crippen LogP contribution in [0.3, 0.4) is 0 Å². The lowest BCUT2D eigenvalue weighted by Gasteiger charge is -2.05. The molecule has 1 N–H and O–H groups in total. The van der Waals surface area contributed by atoms with Crippen molar-refractivity contribution in [2.75, 3.05) is 7.11 Å². The number of carbonyl (C=O) groups is 1. The molecule has 3 aromatic heterocycles. The van der Waals surface area contributed by atoms with Gasteiger partial charge in [-0.25, -0.2) is 19.3 Å².